The van der Waals surface area contributed by atoms with E-state index in [1.807, 2.05) is 0 Å². The number of aliphatic hydroxyl groups excluding tert-OH is 1. The summed E-state index contributed by atoms with van der Waals surface area (Å²) in [5.74, 6) is 0.567. The number of ether oxygens (including phenoxy) is 1. The van der Waals surface area contributed by atoms with E-state index in [-0.39, 0.29) is 11.9 Å². The van der Waals surface area contributed by atoms with Crippen LogP contribution in [-0.2, 0) is 0 Å². The van der Waals surface area contributed by atoms with Crippen molar-refractivity contribution >= 4 is 5.91 Å². The summed E-state index contributed by atoms with van der Waals surface area (Å²) in [5, 5.41) is 13.0. The summed E-state index contributed by atoms with van der Waals surface area (Å²) in [6.07, 6.45) is 6.05. The molecule has 21 heavy (non-hydrogen) atoms. The second kappa shape index (κ2) is 7.84. The van der Waals surface area contributed by atoms with Gasteiger partial charge in [-0.15, -0.1) is 0 Å². The van der Waals surface area contributed by atoms with Gasteiger partial charge in [-0.2, -0.15) is 0 Å². The standard InChI is InChI=1S/C17H23NO3/c1-2-12-21-14-10-8-13(9-11-14)17(20)18-15-6-4-3-5-7-16(15)19/h2,8-11,15-16,19H,1,3-7,12H2,(H,18,20). The normalized spacial score (nSPS) is 22.1. The predicted molar refractivity (Wildman–Crippen MR) is 82.5 cm³/mol. The third kappa shape index (κ3) is 4.60. The quantitative estimate of drug-likeness (QED) is 0.647. The van der Waals surface area contributed by atoms with Gasteiger partial charge in [0, 0.05) is 5.56 Å². The number of rotatable bonds is 5. The van der Waals surface area contributed by atoms with Crippen molar-refractivity contribution < 1.29 is 14.6 Å². The topological polar surface area (TPSA) is 58.6 Å². The molecule has 0 bridgehead atoms. The molecule has 1 aromatic rings. The number of carbonyl (C=O) groups is 1. The first kappa shape index (κ1) is 15.6. The molecule has 2 N–H and O–H groups in total. The van der Waals surface area contributed by atoms with Crippen molar-refractivity contribution in [3.63, 3.8) is 0 Å². The zero-order valence-electron chi connectivity index (χ0n) is 12.3. The molecule has 1 aliphatic carbocycles. The fourth-order valence-electron chi connectivity index (χ4n) is 2.57. The molecule has 1 aromatic carbocycles. The average molecular weight is 289 g/mol. The number of nitrogens with one attached hydrogen (secondary N) is 1. The van der Waals surface area contributed by atoms with Gasteiger partial charge in [-0.3, -0.25) is 4.79 Å². The van der Waals surface area contributed by atoms with Crippen LogP contribution in [0.25, 0.3) is 0 Å². The molecule has 1 amide bonds. The lowest BCUT2D eigenvalue weighted by Crippen LogP contribution is -2.42. The Morgan fingerprint density at radius 1 is 1.29 bits per heavy atom. The average Bonchev–Trinajstić information content (AvgIpc) is 2.70. The summed E-state index contributed by atoms with van der Waals surface area (Å²) in [5.41, 5.74) is 0.581. The SMILES string of the molecule is C=CCOc1ccc(C(=O)NC2CCCCCC2O)cc1. The largest absolute Gasteiger partial charge is 0.490 e. The molecule has 2 unspecified atom stereocenters. The van der Waals surface area contributed by atoms with Crippen LogP contribution in [0.2, 0.25) is 0 Å². The Morgan fingerprint density at radius 3 is 2.71 bits per heavy atom. The van der Waals surface area contributed by atoms with Gasteiger partial charge in [-0.05, 0) is 37.1 Å². The van der Waals surface area contributed by atoms with Crippen molar-refractivity contribution in [2.45, 2.75) is 44.2 Å². The second-order valence-corrected chi connectivity index (χ2v) is 5.41. The lowest BCUT2D eigenvalue weighted by Gasteiger charge is -2.21. The van der Waals surface area contributed by atoms with Crippen LogP contribution < -0.4 is 10.1 Å². The molecular formula is C17H23NO3. The number of hydrogen-bond acceptors (Lipinski definition) is 3. The third-order valence-electron chi connectivity index (χ3n) is 3.78. The molecule has 1 saturated carbocycles. The first-order chi connectivity index (χ1) is 10.2. The van der Waals surface area contributed by atoms with Crippen LogP contribution in [0.1, 0.15) is 42.5 Å². The maximum absolute atomic E-state index is 12.2. The van der Waals surface area contributed by atoms with Gasteiger partial charge in [0.25, 0.3) is 5.91 Å². The molecular weight excluding hydrogens is 266 g/mol. The molecule has 0 aliphatic heterocycles. The van der Waals surface area contributed by atoms with Crippen LogP contribution in [-0.4, -0.2) is 29.8 Å². The van der Waals surface area contributed by atoms with Gasteiger partial charge in [0.05, 0.1) is 12.1 Å². The minimum atomic E-state index is -0.438. The van der Waals surface area contributed by atoms with E-state index in [4.69, 9.17) is 4.74 Å². The van der Waals surface area contributed by atoms with Crippen molar-refractivity contribution in [1.82, 2.24) is 5.32 Å². The third-order valence-corrected chi connectivity index (χ3v) is 3.78. The first-order valence-electron chi connectivity index (χ1n) is 7.53. The number of aliphatic hydroxyl groups is 1. The van der Waals surface area contributed by atoms with E-state index in [0.29, 0.717) is 17.9 Å². The minimum absolute atomic E-state index is 0.142. The van der Waals surface area contributed by atoms with E-state index in [2.05, 4.69) is 11.9 Å². The summed E-state index contributed by atoms with van der Waals surface area (Å²) in [4.78, 5) is 12.2. The molecule has 1 fully saturated rings. The minimum Gasteiger partial charge on any atom is -0.490 e. The summed E-state index contributed by atoms with van der Waals surface area (Å²) >= 11 is 0. The Morgan fingerprint density at radius 2 is 2.00 bits per heavy atom. The number of benzene rings is 1. The molecule has 1 aliphatic rings. The van der Waals surface area contributed by atoms with E-state index in [9.17, 15) is 9.90 Å². The Bertz CT molecular complexity index is 469. The van der Waals surface area contributed by atoms with Crippen molar-refractivity contribution in [3.8, 4) is 5.75 Å². The Labute approximate surface area is 125 Å². The van der Waals surface area contributed by atoms with Crippen molar-refractivity contribution in [1.29, 1.82) is 0 Å². The molecule has 0 spiro atoms. The molecule has 0 heterocycles. The van der Waals surface area contributed by atoms with Gasteiger partial charge in [-0.1, -0.05) is 31.9 Å². The summed E-state index contributed by atoms with van der Waals surface area (Å²) in [7, 11) is 0. The zero-order valence-corrected chi connectivity index (χ0v) is 12.3. The van der Waals surface area contributed by atoms with Crippen LogP contribution in [0, 0.1) is 0 Å². The van der Waals surface area contributed by atoms with Crippen LogP contribution in [0.3, 0.4) is 0 Å². The van der Waals surface area contributed by atoms with Crippen molar-refractivity contribution in [3.05, 3.63) is 42.5 Å². The summed E-state index contributed by atoms with van der Waals surface area (Å²) in [6.45, 7) is 4.03. The van der Waals surface area contributed by atoms with Crippen LogP contribution >= 0.6 is 0 Å². The van der Waals surface area contributed by atoms with Gasteiger partial charge in [0.2, 0.25) is 0 Å². The fourth-order valence-corrected chi connectivity index (χ4v) is 2.57. The highest BCUT2D eigenvalue weighted by atomic mass is 16.5. The van der Waals surface area contributed by atoms with Gasteiger partial charge in [0.15, 0.2) is 0 Å². The number of amides is 1. The van der Waals surface area contributed by atoms with E-state index < -0.39 is 6.10 Å². The first-order valence-corrected chi connectivity index (χ1v) is 7.53. The van der Waals surface area contributed by atoms with E-state index >= 15 is 0 Å². The molecule has 114 valence electrons. The van der Waals surface area contributed by atoms with E-state index in [0.717, 1.165) is 32.1 Å². The maximum atomic E-state index is 12.2. The highest BCUT2D eigenvalue weighted by molar-refractivity contribution is 5.94. The lowest BCUT2D eigenvalue weighted by molar-refractivity contribution is 0.0819. The number of hydrogen-bond donors (Lipinski definition) is 2. The van der Waals surface area contributed by atoms with Crippen LogP contribution in [0.4, 0.5) is 0 Å². The molecule has 4 nitrogen and oxygen atoms in total. The Balaban J connectivity index is 1.94. The highest BCUT2D eigenvalue weighted by Gasteiger charge is 2.23. The second-order valence-electron chi connectivity index (χ2n) is 5.41. The maximum Gasteiger partial charge on any atom is 0.251 e. The molecule has 2 rings (SSSR count). The molecule has 0 saturated heterocycles. The van der Waals surface area contributed by atoms with Crippen molar-refractivity contribution in [2.24, 2.45) is 0 Å². The Kier molecular flexibility index (Phi) is 5.81. The number of carbonyl (C=O) groups excluding carboxylic acids is 1. The van der Waals surface area contributed by atoms with Crippen molar-refractivity contribution in [2.75, 3.05) is 6.61 Å². The van der Waals surface area contributed by atoms with Crippen LogP contribution in [0.5, 0.6) is 5.75 Å². The van der Waals surface area contributed by atoms with Gasteiger partial charge >= 0.3 is 0 Å². The molecule has 4 heteroatoms. The fraction of sp³-hybridized carbons (Fsp3) is 0.471. The molecule has 0 aromatic heterocycles. The van der Waals surface area contributed by atoms with Gasteiger partial charge < -0.3 is 15.2 Å². The monoisotopic (exact) mass is 289 g/mol. The lowest BCUT2D eigenvalue weighted by atomic mass is 10.1. The summed E-state index contributed by atoms with van der Waals surface area (Å²) < 4.78 is 5.38. The van der Waals surface area contributed by atoms with E-state index in [1.165, 1.54) is 0 Å². The highest BCUT2D eigenvalue weighted by Crippen LogP contribution is 2.19. The van der Waals surface area contributed by atoms with Gasteiger partial charge in [-0.25, -0.2) is 0 Å². The van der Waals surface area contributed by atoms with E-state index in [1.54, 1.807) is 30.3 Å². The smallest absolute Gasteiger partial charge is 0.251 e. The van der Waals surface area contributed by atoms with Crippen LogP contribution in [0.15, 0.2) is 36.9 Å². The zero-order chi connectivity index (χ0) is 15.1. The molecule has 0 radical (unpaired) electrons. The predicted octanol–water partition coefficient (Wildman–Crippen LogP) is 2.67. The molecule has 2 atom stereocenters. The summed E-state index contributed by atoms with van der Waals surface area (Å²) in [6, 6.07) is 6.86. The Hall–Kier alpha value is -1.81. The van der Waals surface area contributed by atoms with Gasteiger partial charge in [0.1, 0.15) is 12.4 Å².